The Morgan fingerprint density at radius 2 is 1.64 bits per heavy atom. The number of hydrogen-bond acceptors (Lipinski definition) is 3. The van der Waals surface area contributed by atoms with E-state index in [1.54, 1.807) is 13.2 Å². The van der Waals surface area contributed by atoms with Gasteiger partial charge in [0.15, 0.2) is 11.5 Å². The molecule has 6 heteroatoms. The largest absolute Gasteiger partial charge is 0.493 e. The molecule has 0 saturated heterocycles. The van der Waals surface area contributed by atoms with Gasteiger partial charge < -0.3 is 14.8 Å². The van der Waals surface area contributed by atoms with Crippen LogP contribution in [0.1, 0.15) is 16.7 Å². The third-order valence-electron chi connectivity index (χ3n) is 4.28. The zero-order valence-electron chi connectivity index (χ0n) is 15.6. The van der Waals surface area contributed by atoms with Gasteiger partial charge in [0, 0.05) is 22.3 Å². The summed E-state index contributed by atoms with van der Waals surface area (Å²) in [6.07, 6.45) is 0. The van der Waals surface area contributed by atoms with Crippen molar-refractivity contribution >= 4 is 40.5 Å². The highest BCUT2D eigenvalue weighted by molar-refractivity contribution is 6.35. The molecule has 1 N–H and O–H groups in total. The standard InChI is InChI=1S/C22H20Cl3NO2/c1-14-5-3-4-6-16(14)13-28-22-20(25)7-15(8-21(22)27-2)12-26-19-10-17(23)9-18(24)11-19/h3-11,26H,12-13H2,1-2H3. The second kappa shape index (κ2) is 9.42. The molecule has 0 spiro atoms. The monoisotopic (exact) mass is 435 g/mol. The Bertz CT molecular complexity index is 956. The maximum Gasteiger partial charge on any atom is 0.180 e. The molecule has 0 fully saturated rings. The molecule has 0 saturated carbocycles. The van der Waals surface area contributed by atoms with Crippen LogP contribution in [0.3, 0.4) is 0 Å². The third kappa shape index (κ3) is 5.26. The van der Waals surface area contributed by atoms with Gasteiger partial charge >= 0.3 is 0 Å². The zero-order valence-corrected chi connectivity index (χ0v) is 17.8. The number of hydrogen-bond donors (Lipinski definition) is 1. The minimum Gasteiger partial charge on any atom is -0.493 e. The van der Waals surface area contributed by atoms with E-state index in [0.29, 0.717) is 39.7 Å². The highest BCUT2D eigenvalue weighted by Gasteiger charge is 2.13. The van der Waals surface area contributed by atoms with Crippen LogP contribution in [-0.2, 0) is 13.2 Å². The maximum atomic E-state index is 6.48. The average Bonchev–Trinajstić information content (AvgIpc) is 2.65. The summed E-state index contributed by atoms with van der Waals surface area (Å²) >= 11 is 18.6. The number of aryl methyl sites for hydroxylation is 1. The van der Waals surface area contributed by atoms with Gasteiger partial charge in [-0.3, -0.25) is 0 Å². The number of rotatable bonds is 7. The van der Waals surface area contributed by atoms with Crippen LogP contribution in [0.2, 0.25) is 15.1 Å². The fourth-order valence-corrected chi connectivity index (χ4v) is 3.61. The van der Waals surface area contributed by atoms with Crippen molar-refractivity contribution in [1.82, 2.24) is 0 Å². The first-order chi connectivity index (χ1) is 13.5. The number of ether oxygens (including phenoxy) is 2. The SMILES string of the molecule is COc1cc(CNc2cc(Cl)cc(Cl)c2)cc(Cl)c1OCc1ccccc1C. The van der Waals surface area contributed by atoms with E-state index in [1.165, 1.54) is 5.56 Å². The molecule has 0 amide bonds. The molecule has 3 rings (SSSR count). The summed E-state index contributed by atoms with van der Waals surface area (Å²) in [7, 11) is 1.60. The molecular weight excluding hydrogens is 417 g/mol. The van der Waals surface area contributed by atoms with Crippen molar-refractivity contribution in [2.45, 2.75) is 20.1 Å². The summed E-state index contributed by atoms with van der Waals surface area (Å²) in [6, 6.07) is 17.1. The lowest BCUT2D eigenvalue weighted by molar-refractivity contribution is 0.284. The van der Waals surface area contributed by atoms with E-state index in [4.69, 9.17) is 44.3 Å². The van der Waals surface area contributed by atoms with Crippen LogP contribution in [0.15, 0.2) is 54.6 Å². The summed E-state index contributed by atoms with van der Waals surface area (Å²) in [5, 5.41) is 4.93. The molecule has 0 aliphatic heterocycles. The van der Waals surface area contributed by atoms with Crippen LogP contribution in [0.4, 0.5) is 5.69 Å². The van der Waals surface area contributed by atoms with Gasteiger partial charge in [0.2, 0.25) is 0 Å². The number of methoxy groups -OCH3 is 1. The number of halogens is 3. The maximum absolute atomic E-state index is 6.48. The summed E-state index contributed by atoms with van der Waals surface area (Å²) < 4.78 is 11.5. The van der Waals surface area contributed by atoms with Crippen LogP contribution < -0.4 is 14.8 Å². The first kappa shape index (κ1) is 20.7. The molecule has 0 radical (unpaired) electrons. The Morgan fingerprint density at radius 1 is 0.929 bits per heavy atom. The fourth-order valence-electron chi connectivity index (χ4n) is 2.80. The molecule has 3 aromatic carbocycles. The second-order valence-corrected chi connectivity index (χ2v) is 7.62. The summed E-state index contributed by atoms with van der Waals surface area (Å²) in [6.45, 7) is 3.00. The van der Waals surface area contributed by atoms with Gasteiger partial charge in [0.05, 0.1) is 12.1 Å². The highest BCUT2D eigenvalue weighted by Crippen LogP contribution is 2.37. The van der Waals surface area contributed by atoms with Crippen LogP contribution in [0.25, 0.3) is 0 Å². The van der Waals surface area contributed by atoms with Crippen molar-refractivity contribution < 1.29 is 9.47 Å². The van der Waals surface area contributed by atoms with Gasteiger partial charge in [-0.25, -0.2) is 0 Å². The van der Waals surface area contributed by atoms with E-state index in [2.05, 4.69) is 5.32 Å². The van der Waals surface area contributed by atoms with E-state index < -0.39 is 0 Å². The summed E-state index contributed by atoms with van der Waals surface area (Å²) in [5.74, 6) is 1.11. The minimum absolute atomic E-state index is 0.418. The van der Waals surface area contributed by atoms with E-state index in [-0.39, 0.29) is 0 Å². The third-order valence-corrected chi connectivity index (χ3v) is 5.00. The van der Waals surface area contributed by atoms with Gasteiger partial charge in [-0.2, -0.15) is 0 Å². The molecule has 0 atom stereocenters. The molecule has 0 aliphatic rings. The predicted molar refractivity (Wildman–Crippen MR) is 117 cm³/mol. The zero-order chi connectivity index (χ0) is 20.1. The molecule has 0 aliphatic carbocycles. The molecule has 28 heavy (non-hydrogen) atoms. The van der Waals surface area contributed by atoms with Crippen molar-refractivity contribution in [1.29, 1.82) is 0 Å². The van der Waals surface area contributed by atoms with Crippen molar-refractivity contribution in [3.05, 3.63) is 86.4 Å². The molecule has 0 unspecified atom stereocenters. The average molecular weight is 437 g/mol. The van der Waals surface area contributed by atoms with Crippen molar-refractivity contribution in [3.8, 4) is 11.5 Å². The Balaban J connectivity index is 1.74. The van der Waals surface area contributed by atoms with Crippen molar-refractivity contribution in [2.75, 3.05) is 12.4 Å². The van der Waals surface area contributed by atoms with Gasteiger partial charge in [0.1, 0.15) is 6.61 Å². The van der Waals surface area contributed by atoms with Gasteiger partial charge in [-0.15, -0.1) is 0 Å². The van der Waals surface area contributed by atoms with Crippen LogP contribution in [-0.4, -0.2) is 7.11 Å². The summed E-state index contributed by atoms with van der Waals surface area (Å²) in [5.41, 5.74) is 4.04. The first-order valence-electron chi connectivity index (χ1n) is 8.70. The van der Waals surface area contributed by atoms with Crippen LogP contribution >= 0.6 is 34.8 Å². The number of anilines is 1. The molecule has 146 valence electrons. The normalized spacial score (nSPS) is 10.6. The molecule has 3 nitrogen and oxygen atoms in total. The fraction of sp³-hybridized carbons (Fsp3) is 0.182. The lowest BCUT2D eigenvalue weighted by Gasteiger charge is -2.16. The molecular formula is C22H20Cl3NO2. The van der Waals surface area contributed by atoms with Gasteiger partial charge in [-0.05, 0) is 53.9 Å². The number of benzene rings is 3. The lowest BCUT2D eigenvalue weighted by atomic mass is 10.1. The second-order valence-electron chi connectivity index (χ2n) is 6.34. The topological polar surface area (TPSA) is 30.5 Å². The smallest absolute Gasteiger partial charge is 0.180 e. The Hall–Kier alpha value is -2.07. The summed E-state index contributed by atoms with van der Waals surface area (Å²) in [4.78, 5) is 0. The van der Waals surface area contributed by atoms with E-state index >= 15 is 0 Å². The van der Waals surface area contributed by atoms with E-state index in [9.17, 15) is 0 Å². The van der Waals surface area contributed by atoms with Gasteiger partial charge in [0.25, 0.3) is 0 Å². The quantitative estimate of drug-likeness (QED) is 0.426. The molecule has 0 heterocycles. The molecule has 3 aromatic rings. The molecule has 0 bridgehead atoms. The van der Waals surface area contributed by atoms with Crippen LogP contribution in [0, 0.1) is 6.92 Å². The van der Waals surface area contributed by atoms with Crippen LogP contribution in [0.5, 0.6) is 11.5 Å². The highest BCUT2D eigenvalue weighted by atomic mass is 35.5. The van der Waals surface area contributed by atoms with Crippen molar-refractivity contribution in [3.63, 3.8) is 0 Å². The Kier molecular flexibility index (Phi) is 6.95. The Labute approximate surface area is 180 Å². The Morgan fingerprint density at radius 3 is 2.32 bits per heavy atom. The van der Waals surface area contributed by atoms with E-state index in [0.717, 1.165) is 16.8 Å². The predicted octanol–water partition coefficient (Wildman–Crippen LogP) is 7.15. The van der Waals surface area contributed by atoms with E-state index in [1.807, 2.05) is 55.5 Å². The lowest BCUT2D eigenvalue weighted by Crippen LogP contribution is -2.03. The minimum atomic E-state index is 0.418. The van der Waals surface area contributed by atoms with Gasteiger partial charge in [-0.1, -0.05) is 59.1 Å². The van der Waals surface area contributed by atoms with Crippen molar-refractivity contribution in [2.24, 2.45) is 0 Å². The number of nitrogens with one attached hydrogen (secondary N) is 1. The molecule has 0 aromatic heterocycles. The first-order valence-corrected chi connectivity index (χ1v) is 9.83.